The molecule has 0 saturated heterocycles. The molecule has 0 saturated carbocycles. The second-order valence-electron chi connectivity index (χ2n) is 2.82. The summed E-state index contributed by atoms with van der Waals surface area (Å²) in [4.78, 5) is 1.09. The van der Waals surface area contributed by atoms with Gasteiger partial charge in [-0.1, -0.05) is 33.8 Å². The van der Waals surface area contributed by atoms with E-state index in [2.05, 4.69) is 28.1 Å². The quantitative estimate of drug-likeness (QED) is 0.812. The molecule has 1 aromatic carbocycles. The van der Waals surface area contributed by atoms with Crippen molar-refractivity contribution < 1.29 is 0 Å². The third kappa shape index (κ3) is 2.85. The van der Waals surface area contributed by atoms with Crippen molar-refractivity contribution in [3.63, 3.8) is 0 Å². The molecule has 0 N–H and O–H groups in total. The topological polar surface area (TPSA) is 23.8 Å². The average Bonchev–Trinajstić information content (AvgIpc) is 2.69. The first-order valence-corrected chi connectivity index (χ1v) is 6.69. The van der Waals surface area contributed by atoms with E-state index in [0.717, 1.165) is 9.37 Å². The summed E-state index contributed by atoms with van der Waals surface area (Å²) in [6, 6.07) is 12.0. The Bertz CT molecular complexity index is 500. The van der Waals surface area contributed by atoms with Crippen molar-refractivity contribution in [2.45, 2.75) is 9.10 Å². The van der Waals surface area contributed by atoms with Gasteiger partial charge < -0.3 is 0 Å². The highest BCUT2D eigenvalue weighted by Crippen LogP contribution is 2.33. The maximum atomic E-state index is 8.84. The normalized spacial score (nSPS) is 9.87. The van der Waals surface area contributed by atoms with Crippen molar-refractivity contribution in [2.24, 2.45) is 0 Å². The summed E-state index contributed by atoms with van der Waals surface area (Å²) in [6.45, 7) is 0. The van der Waals surface area contributed by atoms with Gasteiger partial charge in [0.15, 0.2) is 0 Å². The van der Waals surface area contributed by atoms with E-state index >= 15 is 0 Å². The number of thiophene rings is 1. The molecule has 0 aliphatic heterocycles. The average molecular weight is 296 g/mol. The summed E-state index contributed by atoms with van der Waals surface area (Å²) in [5.74, 6) is 0. The Morgan fingerprint density at radius 3 is 2.87 bits per heavy atom. The molecule has 15 heavy (non-hydrogen) atoms. The molecule has 1 aromatic heterocycles. The number of halogens is 1. The van der Waals surface area contributed by atoms with Crippen molar-refractivity contribution in [3.8, 4) is 6.07 Å². The van der Waals surface area contributed by atoms with Crippen molar-refractivity contribution in [1.82, 2.24) is 0 Å². The van der Waals surface area contributed by atoms with Crippen LogP contribution in [-0.2, 0) is 0 Å². The Hall–Kier alpha value is -0.760. The summed E-state index contributed by atoms with van der Waals surface area (Å²) < 4.78 is 2.18. The molecule has 74 valence electrons. The summed E-state index contributed by atoms with van der Waals surface area (Å²) in [7, 11) is 0. The molecule has 0 fully saturated rings. The third-order valence-corrected chi connectivity index (χ3v) is 4.18. The number of nitriles is 1. The number of hydrogen-bond donors (Lipinski definition) is 0. The third-order valence-electron chi connectivity index (χ3n) is 1.71. The monoisotopic (exact) mass is 295 g/mol. The largest absolute Gasteiger partial charge is 0.192 e. The molecular weight excluding hydrogens is 290 g/mol. The van der Waals surface area contributed by atoms with E-state index in [-0.39, 0.29) is 0 Å². The van der Waals surface area contributed by atoms with Gasteiger partial charge in [-0.3, -0.25) is 0 Å². The Morgan fingerprint density at radius 2 is 2.20 bits per heavy atom. The molecule has 0 aliphatic rings. The highest BCUT2D eigenvalue weighted by atomic mass is 79.9. The van der Waals surface area contributed by atoms with Crippen LogP contribution in [0.2, 0.25) is 0 Å². The Morgan fingerprint density at radius 1 is 1.33 bits per heavy atom. The number of hydrogen-bond acceptors (Lipinski definition) is 3. The van der Waals surface area contributed by atoms with Crippen LogP contribution in [0, 0.1) is 11.3 Å². The van der Waals surface area contributed by atoms with E-state index < -0.39 is 0 Å². The first-order chi connectivity index (χ1) is 7.28. The van der Waals surface area contributed by atoms with Gasteiger partial charge in [-0.15, -0.1) is 11.3 Å². The summed E-state index contributed by atoms with van der Waals surface area (Å²) in [5, 5.41) is 10.9. The van der Waals surface area contributed by atoms with E-state index in [4.69, 9.17) is 5.26 Å². The lowest BCUT2D eigenvalue weighted by molar-refractivity contribution is 1.38. The number of rotatable bonds is 2. The van der Waals surface area contributed by atoms with Crippen LogP contribution in [0.4, 0.5) is 0 Å². The number of nitrogens with zero attached hydrogens (tertiary/aromatic N) is 1. The van der Waals surface area contributed by atoms with Crippen LogP contribution in [0.25, 0.3) is 0 Å². The lowest BCUT2D eigenvalue weighted by atomic mass is 10.2. The zero-order chi connectivity index (χ0) is 10.7. The highest BCUT2D eigenvalue weighted by molar-refractivity contribution is 9.10. The molecule has 0 unspecified atom stereocenters. The minimum atomic E-state index is 0.684. The molecule has 2 aromatic rings. The highest BCUT2D eigenvalue weighted by Gasteiger charge is 2.01. The van der Waals surface area contributed by atoms with Crippen LogP contribution in [0.1, 0.15) is 5.56 Å². The molecule has 1 heterocycles. The van der Waals surface area contributed by atoms with Crippen molar-refractivity contribution in [1.29, 1.82) is 5.26 Å². The summed E-state index contributed by atoms with van der Waals surface area (Å²) in [6.07, 6.45) is 0. The molecule has 0 aliphatic carbocycles. The fraction of sp³-hybridized carbons (Fsp3) is 0. The second-order valence-corrected chi connectivity index (χ2v) is 6.06. The standard InChI is InChI=1S/C11H6BrNS2/c12-9-4-8(7-13)5-10(6-9)15-11-2-1-3-14-11/h1-6H. The predicted molar refractivity (Wildman–Crippen MR) is 67.3 cm³/mol. The molecular formula is C11H6BrNS2. The van der Waals surface area contributed by atoms with Crippen LogP contribution < -0.4 is 0 Å². The first kappa shape index (κ1) is 10.7. The van der Waals surface area contributed by atoms with Crippen LogP contribution in [0.5, 0.6) is 0 Å². The van der Waals surface area contributed by atoms with Gasteiger partial charge in [-0.05, 0) is 29.6 Å². The molecule has 2 rings (SSSR count). The lowest BCUT2D eigenvalue weighted by Crippen LogP contribution is -1.77. The van der Waals surface area contributed by atoms with Gasteiger partial charge >= 0.3 is 0 Å². The van der Waals surface area contributed by atoms with Crippen molar-refractivity contribution in [2.75, 3.05) is 0 Å². The van der Waals surface area contributed by atoms with E-state index in [1.165, 1.54) is 4.21 Å². The van der Waals surface area contributed by atoms with Gasteiger partial charge in [0.1, 0.15) is 0 Å². The van der Waals surface area contributed by atoms with Gasteiger partial charge in [0.2, 0.25) is 0 Å². The zero-order valence-corrected chi connectivity index (χ0v) is 10.8. The van der Waals surface area contributed by atoms with Gasteiger partial charge in [0.25, 0.3) is 0 Å². The Kier molecular flexibility index (Phi) is 3.47. The fourth-order valence-corrected chi connectivity index (χ4v) is 3.62. The SMILES string of the molecule is N#Cc1cc(Br)cc(Sc2cccs2)c1. The fourth-order valence-electron chi connectivity index (χ4n) is 1.12. The predicted octanol–water partition coefficient (Wildman–Crippen LogP) is 4.53. The molecule has 0 amide bonds. The van der Waals surface area contributed by atoms with Gasteiger partial charge in [0.05, 0.1) is 15.8 Å². The van der Waals surface area contributed by atoms with E-state index in [1.54, 1.807) is 23.1 Å². The smallest absolute Gasteiger partial charge is 0.0992 e. The summed E-state index contributed by atoms with van der Waals surface area (Å²) in [5.41, 5.74) is 0.684. The molecule has 0 radical (unpaired) electrons. The maximum Gasteiger partial charge on any atom is 0.0992 e. The van der Waals surface area contributed by atoms with Crippen LogP contribution in [0.3, 0.4) is 0 Å². The van der Waals surface area contributed by atoms with Gasteiger partial charge in [0, 0.05) is 9.37 Å². The van der Waals surface area contributed by atoms with Gasteiger partial charge in [-0.25, -0.2) is 0 Å². The van der Waals surface area contributed by atoms with Gasteiger partial charge in [-0.2, -0.15) is 5.26 Å². The second kappa shape index (κ2) is 4.84. The maximum absolute atomic E-state index is 8.84. The zero-order valence-electron chi connectivity index (χ0n) is 7.61. The summed E-state index contributed by atoms with van der Waals surface area (Å²) >= 11 is 6.77. The van der Waals surface area contributed by atoms with E-state index in [0.29, 0.717) is 5.56 Å². The molecule has 0 bridgehead atoms. The minimum absolute atomic E-state index is 0.684. The number of benzene rings is 1. The van der Waals surface area contributed by atoms with Crippen molar-refractivity contribution in [3.05, 3.63) is 45.7 Å². The van der Waals surface area contributed by atoms with Crippen LogP contribution in [-0.4, -0.2) is 0 Å². The Balaban J connectivity index is 2.29. The van der Waals surface area contributed by atoms with Crippen molar-refractivity contribution >= 4 is 39.0 Å². The van der Waals surface area contributed by atoms with Crippen LogP contribution in [0.15, 0.2) is 49.3 Å². The lowest BCUT2D eigenvalue weighted by Gasteiger charge is -2.00. The molecule has 4 heteroatoms. The molecule has 0 atom stereocenters. The molecule has 0 spiro atoms. The van der Waals surface area contributed by atoms with Crippen LogP contribution >= 0.6 is 39.0 Å². The van der Waals surface area contributed by atoms with E-state index in [9.17, 15) is 0 Å². The van der Waals surface area contributed by atoms with E-state index in [1.807, 2.05) is 29.6 Å². The molecule has 1 nitrogen and oxygen atoms in total. The minimum Gasteiger partial charge on any atom is -0.192 e. The first-order valence-electron chi connectivity index (χ1n) is 4.20. The Labute approximate surface area is 105 Å².